The van der Waals surface area contributed by atoms with Gasteiger partial charge in [-0.25, -0.2) is 4.79 Å². The highest BCUT2D eigenvalue weighted by molar-refractivity contribution is 5.80. The van der Waals surface area contributed by atoms with Crippen molar-refractivity contribution < 1.29 is 28.6 Å². The Morgan fingerprint density at radius 2 is 1.62 bits per heavy atom. The SMILES string of the molecule is CCCC(=O)OC(CCC)OC(=O)C(OC(C)=O)c1ccccc1. The van der Waals surface area contributed by atoms with E-state index in [1.807, 2.05) is 13.8 Å². The molecular weight excluding hydrogens is 312 g/mol. The van der Waals surface area contributed by atoms with Gasteiger partial charge in [0.2, 0.25) is 12.4 Å². The second-order valence-corrected chi connectivity index (χ2v) is 5.30. The zero-order valence-electron chi connectivity index (χ0n) is 14.3. The summed E-state index contributed by atoms with van der Waals surface area (Å²) in [6.07, 6.45) is -0.226. The van der Waals surface area contributed by atoms with Gasteiger partial charge in [0, 0.05) is 25.3 Å². The summed E-state index contributed by atoms with van der Waals surface area (Å²) >= 11 is 0. The molecule has 0 aliphatic rings. The minimum absolute atomic E-state index is 0.254. The molecule has 2 unspecified atom stereocenters. The summed E-state index contributed by atoms with van der Waals surface area (Å²) in [6, 6.07) is 8.56. The minimum atomic E-state index is -1.19. The molecule has 0 bridgehead atoms. The quantitative estimate of drug-likeness (QED) is 0.508. The number of esters is 3. The van der Waals surface area contributed by atoms with Crippen LogP contribution in [0.5, 0.6) is 0 Å². The molecule has 0 radical (unpaired) electrons. The van der Waals surface area contributed by atoms with Crippen molar-refractivity contribution >= 4 is 17.9 Å². The fourth-order valence-electron chi connectivity index (χ4n) is 2.02. The van der Waals surface area contributed by atoms with E-state index in [1.54, 1.807) is 30.3 Å². The molecule has 0 aliphatic heterocycles. The molecule has 0 heterocycles. The van der Waals surface area contributed by atoms with E-state index in [9.17, 15) is 14.4 Å². The lowest BCUT2D eigenvalue weighted by Crippen LogP contribution is -2.29. The van der Waals surface area contributed by atoms with E-state index in [0.29, 0.717) is 24.8 Å². The van der Waals surface area contributed by atoms with Crippen LogP contribution in [-0.4, -0.2) is 24.2 Å². The maximum absolute atomic E-state index is 12.4. The monoisotopic (exact) mass is 336 g/mol. The largest absolute Gasteiger partial charge is 0.446 e. The molecule has 0 saturated heterocycles. The standard InChI is InChI=1S/C18H24O6/c1-4-9-15(20)23-16(10-5-2)24-18(21)17(22-13(3)19)14-11-7-6-8-12-14/h6-8,11-12,16-17H,4-5,9-10H2,1-3H3. The zero-order valence-corrected chi connectivity index (χ0v) is 14.3. The first-order chi connectivity index (χ1) is 11.5. The van der Waals surface area contributed by atoms with Crippen molar-refractivity contribution in [1.29, 1.82) is 0 Å². The van der Waals surface area contributed by atoms with Gasteiger partial charge < -0.3 is 14.2 Å². The predicted molar refractivity (Wildman–Crippen MR) is 86.7 cm³/mol. The predicted octanol–water partition coefficient (Wildman–Crippen LogP) is 3.30. The molecule has 1 rings (SSSR count). The van der Waals surface area contributed by atoms with Gasteiger partial charge in [0.1, 0.15) is 0 Å². The van der Waals surface area contributed by atoms with Crippen molar-refractivity contribution in [3.63, 3.8) is 0 Å². The maximum Gasteiger partial charge on any atom is 0.355 e. The second kappa shape index (κ2) is 10.4. The Labute approximate surface area is 142 Å². The third kappa shape index (κ3) is 6.81. The molecule has 0 saturated carbocycles. The molecule has 2 atom stereocenters. The van der Waals surface area contributed by atoms with E-state index < -0.39 is 30.3 Å². The number of carbonyl (C=O) groups excluding carboxylic acids is 3. The van der Waals surface area contributed by atoms with Gasteiger partial charge in [0.05, 0.1) is 0 Å². The molecule has 6 heteroatoms. The first-order valence-corrected chi connectivity index (χ1v) is 8.10. The Morgan fingerprint density at radius 1 is 0.958 bits per heavy atom. The van der Waals surface area contributed by atoms with Crippen LogP contribution in [0, 0.1) is 0 Å². The van der Waals surface area contributed by atoms with Crippen molar-refractivity contribution in [2.45, 2.75) is 58.8 Å². The molecule has 0 aromatic heterocycles. The van der Waals surface area contributed by atoms with Gasteiger partial charge in [-0.3, -0.25) is 9.59 Å². The Morgan fingerprint density at radius 3 is 2.17 bits per heavy atom. The summed E-state index contributed by atoms with van der Waals surface area (Å²) in [5.41, 5.74) is 0.493. The Bertz CT molecular complexity index is 540. The van der Waals surface area contributed by atoms with Crippen molar-refractivity contribution in [3.05, 3.63) is 35.9 Å². The number of carbonyl (C=O) groups is 3. The fourth-order valence-corrected chi connectivity index (χ4v) is 2.02. The smallest absolute Gasteiger partial charge is 0.355 e. The first-order valence-electron chi connectivity index (χ1n) is 8.10. The van der Waals surface area contributed by atoms with Crippen LogP contribution >= 0.6 is 0 Å². The topological polar surface area (TPSA) is 78.9 Å². The summed E-state index contributed by atoms with van der Waals surface area (Å²) in [5, 5.41) is 0. The third-order valence-electron chi connectivity index (χ3n) is 3.09. The zero-order chi connectivity index (χ0) is 17.9. The van der Waals surface area contributed by atoms with E-state index in [1.165, 1.54) is 6.92 Å². The van der Waals surface area contributed by atoms with Crippen LogP contribution in [0.2, 0.25) is 0 Å². The van der Waals surface area contributed by atoms with Crippen LogP contribution < -0.4 is 0 Å². The number of hydrogen-bond acceptors (Lipinski definition) is 6. The van der Waals surface area contributed by atoms with Gasteiger partial charge in [-0.2, -0.15) is 0 Å². The van der Waals surface area contributed by atoms with E-state index in [0.717, 1.165) is 0 Å². The van der Waals surface area contributed by atoms with Crippen LogP contribution in [0.1, 0.15) is 58.1 Å². The molecule has 0 fully saturated rings. The summed E-state index contributed by atoms with van der Waals surface area (Å²) in [7, 11) is 0. The summed E-state index contributed by atoms with van der Waals surface area (Å²) in [6.45, 7) is 4.96. The lowest BCUT2D eigenvalue weighted by atomic mass is 10.1. The Kier molecular flexibility index (Phi) is 8.54. The van der Waals surface area contributed by atoms with E-state index in [4.69, 9.17) is 14.2 Å². The van der Waals surface area contributed by atoms with Crippen LogP contribution in [0.3, 0.4) is 0 Å². The van der Waals surface area contributed by atoms with Crippen LogP contribution in [0.25, 0.3) is 0 Å². The highest BCUT2D eigenvalue weighted by Gasteiger charge is 2.29. The molecule has 0 N–H and O–H groups in total. The Hall–Kier alpha value is -2.37. The van der Waals surface area contributed by atoms with Gasteiger partial charge in [0.25, 0.3) is 0 Å². The summed E-state index contributed by atoms with van der Waals surface area (Å²) < 4.78 is 15.5. The summed E-state index contributed by atoms with van der Waals surface area (Å²) in [4.78, 5) is 35.3. The van der Waals surface area contributed by atoms with E-state index >= 15 is 0 Å². The molecule has 132 valence electrons. The van der Waals surface area contributed by atoms with Gasteiger partial charge in [-0.15, -0.1) is 0 Å². The second-order valence-electron chi connectivity index (χ2n) is 5.30. The van der Waals surface area contributed by atoms with Crippen molar-refractivity contribution in [3.8, 4) is 0 Å². The van der Waals surface area contributed by atoms with E-state index in [-0.39, 0.29) is 6.42 Å². The average Bonchev–Trinajstić information content (AvgIpc) is 2.53. The highest BCUT2D eigenvalue weighted by Crippen LogP contribution is 2.21. The van der Waals surface area contributed by atoms with Crippen LogP contribution in [0.15, 0.2) is 30.3 Å². The van der Waals surface area contributed by atoms with Gasteiger partial charge in [0.15, 0.2) is 0 Å². The minimum Gasteiger partial charge on any atom is -0.446 e. The average molecular weight is 336 g/mol. The molecule has 24 heavy (non-hydrogen) atoms. The molecule has 1 aromatic carbocycles. The summed E-state index contributed by atoms with van der Waals surface area (Å²) in [5.74, 6) is -1.79. The molecule has 0 aliphatic carbocycles. The molecule has 0 amide bonds. The fraction of sp³-hybridized carbons (Fsp3) is 0.500. The lowest BCUT2D eigenvalue weighted by Gasteiger charge is -2.21. The number of hydrogen-bond donors (Lipinski definition) is 0. The first kappa shape index (κ1) is 19.7. The highest BCUT2D eigenvalue weighted by atomic mass is 16.7. The normalized spacial score (nSPS) is 12.8. The van der Waals surface area contributed by atoms with Gasteiger partial charge >= 0.3 is 17.9 Å². The Balaban J connectivity index is 2.83. The number of benzene rings is 1. The van der Waals surface area contributed by atoms with Gasteiger partial charge in [-0.05, 0) is 12.8 Å². The molecular formula is C18H24O6. The maximum atomic E-state index is 12.4. The number of rotatable bonds is 9. The van der Waals surface area contributed by atoms with Crippen molar-refractivity contribution in [2.75, 3.05) is 0 Å². The van der Waals surface area contributed by atoms with Crippen LogP contribution in [-0.2, 0) is 28.6 Å². The van der Waals surface area contributed by atoms with Crippen LogP contribution in [0.4, 0.5) is 0 Å². The van der Waals surface area contributed by atoms with E-state index in [2.05, 4.69) is 0 Å². The van der Waals surface area contributed by atoms with Crippen molar-refractivity contribution in [2.24, 2.45) is 0 Å². The molecule has 0 spiro atoms. The lowest BCUT2D eigenvalue weighted by molar-refractivity contribution is -0.198. The van der Waals surface area contributed by atoms with Crippen molar-refractivity contribution in [1.82, 2.24) is 0 Å². The number of ether oxygens (including phenoxy) is 3. The molecule has 6 nitrogen and oxygen atoms in total. The van der Waals surface area contributed by atoms with Gasteiger partial charge in [-0.1, -0.05) is 44.2 Å². The molecule has 1 aromatic rings. The third-order valence-corrected chi connectivity index (χ3v) is 3.09.